The first kappa shape index (κ1) is 16.3. The van der Waals surface area contributed by atoms with Gasteiger partial charge >= 0.3 is 0 Å². The molecule has 2 fully saturated rings. The maximum Gasteiger partial charge on any atom is 0.220 e. The fourth-order valence-corrected chi connectivity index (χ4v) is 3.91. The van der Waals surface area contributed by atoms with Crippen molar-refractivity contribution < 1.29 is 9.59 Å². The molecule has 5 heteroatoms. The lowest BCUT2D eigenvalue weighted by atomic mass is 9.87. The molecule has 0 bridgehead atoms. The van der Waals surface area contributed by atoms with Crippen molar-refractivity contribution in [1.82, 2.24) is 16.0 Å². The van der Waals surface area contributed by atoms with E-state index in [1.807, 2.05) is 0 Å². The van der Waals surface area contributed by atoms with Crippen LogP contribution in [0.5, 0.6) is 0 Å². The van der Waals surface area contributed by atoms with Gasteiger partial charge in [0.05, 0.1) is 0 Å². The van der Waals surface area contributed by atoms with Crippen LogP contribution in [0.25, 0.3) is 0 Å². The molecule has 2 amide bonds. The first-order valence-corrected chi connectivity index (χ1v) is 8.03. The first-order chi connectivity index (χ1) is 9.65. The fraction of sp³-hybridized carbons (Fsp3) is 0.875. The summed E-state index contributed by atoms with van der Waals surface area (Å²) in [7, 11) is 0. The van der Waals surface area contributed by atoms with Crippen molar-refractivity contribution in [3.8, 4) is 0 Å². The summed E-state index contributed by atoms with van der Waals surface area (Å²) in [5, 5.41) is 9.79. The van der Waals surface area contributed by atoms with E-state index in [9.17, 15) is 9.59 Å². The topological polar surface area (TPSA) is 70.2 Å². The van der Waals surface area contributed by atoms with Gasteiger partial charge in [-0.15, -0.1) is 0 Å². The van der Waals surface area contributed by atoms with Gasteiger partial charge in [-0.1, -0.05) is 0 Å². The maximum absolute atomic E-state index is 11.3. The first-order valence-electron chi connectivity index (χ1n) is 8.03. The van der Waals surface area contributed by atoms with Crippen molar-refractivity contribution in [3.05, 3.63) is 0 Å². The smallest absolute Gasteiger partial charge is 0.220 e. The van der Waals surface area contributed by atoms with Crippen LogP contribution in [0.15, 0.2) is 0 Å². The highest BCUT2D eigenvalue weighted by atomic mass is 16.2. The lowest BCUT2D eigenvalue weighted by molar-refractivity contribution is -0.120. The average molecular weight is 295 g/mol. The van der Waals surface area contributed by atoms with Crippen LogP contribution in [0.3, 0.4) is 0 Å². The van der Waals surface area contributed by atoms with Crippen LogP contribution in [0.1, 0.15) is 66.2 Å². The van der Waals surface area contributed by atoms with Crippen molar-refractivity contribution in [3.63, 3.8) is 0 Å². The van der Waals surface area contributed by atoms with Crippen LogP contribution in [-0.4, -0.2) is 35.0 Å². The van der Waals surface area contributed by atoms with E-state index in [4.69, 9.17) is 0 Å². The molecule has 0 aromatic heterocycles. The molecular weight excluding hydrogens is 266 g/mol. The Morgan fingerprint density at radius 2 is 1.29 bits per heavy atom. The highest BCUT2D eigenvalue weighted by molar-refractivity contribution is 5.78. The minimum absolute atomic E-state index is 0.0472. The Hall–Kier alpha value is -1.10. The second-order valence-corrected chi connectivity index (χ2v) is 7.91. The summed E-state index contributed by atoms with van der Waals surface area (Å²) in [4.78, 5) is 22.6. The molecule has 0 aromatic carbocycles. The molecule has 0 spiro atoms. The summed E-state index contributed by atoms with van der Waals surface area (Å²) in [6.07, 6.45) is 5.03. The molecule has 3 N–H and O–H groups in total. The number of rotatable bonds is 6. The van der Waals surface area contributed by atoms with Gasteiger partial charge in [-0.25, -0.2) is 0 Å². The maximum atomic E-state index is 11.3. The van der Waals surface area contributed by atoms with Crippen LogP contribution in [0.2, 0.25) is 0 Å². The van der Waals surface area contributed by atoms with E-state index in [0.717, 1.165) is 25.7 Å². The second kappa shape index (κ2) is 5.95. The number of carbonyl (C=O) groups is 2. The minimum Gasteiger partial charge on any atom is -0.353 e. The molecule has 2 saturated heterocycles. The third kappa shape index (κ3) is 4.99. The number of amides is 2. The van der Waals surface area contributed by atoms with Crippen molar-refractivity contribution in [1.29, 1.82) is 0 Å². The predicted molar refractivity (Wildman–Crippen MR) is 82.9 cm³/mol. The van der Waals surface area contributed by atoms with E-state index >= 15 is 0 Å². The van der Waals surface area contributed by atoms with E-state index < -0.39 is 0 Å². The largest absolute Gasteiger partial charge is 0.353 e. The number of hydrogen-bond acceptors (Lipinski definition) is 3. The van der Waals surface area contributed by atoms with E-state index in [-0.39, 0.29) is 35.0 Å². The van der Waals surface area contributed by atoms with Crippen molar-refractivity contribution >= 4 is 11.8 Å². The number of nitrogens with one attached hydrogen (secondary N) is 3. The molecule has 21 heavy (non-hydrogen) atoms. The highest BCUT2D eigenvalue weighted by Gasteiger charge is 2.34. The summed E-state index contributed by atoms with van der Waals surface area (Å²) in [6, 6.07) is 0.559. The molecule has 2 heterocycles. The van der Waals surface area contributed by atoms with Crippen LogP contribution in [0, 0.1) is 0 Å². The Morgan fingerprint density at radius 1 is 0.905 bits per heavy atom. The van der Waals surface area contributed by atoms with Gasteiger partial charge in [0.2, 0.25) is 11.8 Å². The van der Waals surface area contributed by atoms with Crippen molar-refractivity contribution in [2.24, 2.45) is 0 Å². The molecule has 0 aliphatic carbocycles. The molecule has 120 valence electrons. The van der Waals surface area contributed by atoms with Gasteiger partial charge < -0.3 is 16.0 Å². The Kier molecular flexibility index (Phi) is 4.61. The van der Waals surface area contributed by atoms with E-state index in [2.05, 4.69) is 43.6 Å². The van der Waals surface area contributed by atoms with E-state index in [0.29, 0.717) is 12.8 Å². The molecule has 2 atom stereocenters. The lowest BCUT2D eigenvalue weighted by Crippen LogP contribution is -2.55. The van der Waals surface area contributed by atoms with Gasteiger partial charge in [0.1, 0.15) is 0 Å². The number of hydrogen-bond donors (Lipinski definition) is 3. The third-order valence-corrected chi connectivity index (χ3v) is 4.36. The summed E-state index contributed by atoms with van der Waals surface area (Å²) in [5.74, 6) is 0.340. The monoisotopic (exact) mass is 295 g/mol. The summed E-state index contributed by atoms with van der Waals surface area (Å²) in [6.45, 7) is 8.75. The Labute approximate surface area is 127 Å². The van der Waals surface area contributed by atoms with Crippen LogP contribution in [0.4, 0.5) is 0 Å². The number of carbonyl (C=O) groups excluding carboxylic acids is 2. The zero-order valence-corrected chi connectivity index (χ0v) is 13.7. The Balaban J connectivity index is 1.85. The molecule has 2 aliphatic heterocycles. The quantitative estimate of drug-likeness (QED) is 0.695. The van der Waals surface area contributed by atoms with Crippen LogP contribution < -0.4 is 16.0 Å². The van der Waals surface area contributed by atoms with E-state index in [1.165, 1.54) is 0 Å². The van der Waals surface area contributed by atoms with Crippen LogP contribution in [-0.2, 0) is 9.59 Å². The second-order valence-electron chi connectivity index (χ2n) is 7.91. The minimum atomic E-state index is -0.0472. The molecule has 2 unspecified atom stereocenters. The van der Waals surface area contributed by atoms with Gasteiger partial charge in [0.15, 0.2) is 0 Å². The Bertz CT molecular complexity index is 380. The van der Waals surface area contributed by atoms with Gasteiger partial charge in [-0.2, -0.15) is 0 Å². The average Bonchev–Trinajstić information content (AvgIpc) is 2.85. The fourth-order valence-electron chi connectivity index (χ4n) is 3.91. The molecule has 2 aliphatic rings. The summed E-state index contributed by atoms with van der Waals surface area (Å²) < 4.78 is 0. The molecular formula is C16H29N3O2. The lowest BCUT2D eigenvalue weighted by Gasteiger charge is -2.40. The molecule has 0 aromatic rings. The van der Waals surface area contributed by atoms with Gasteiger partial charge in [-0.3, -0.25) is 9.59 Å². The summed E-state index contributed by atoms with van der Waals surface area (Å²) in [5.41, 5.74) is -0.0944. The highest BCUT2D eigenvalue weighted by Crippen LogP contribution is 2.25. The zero-order valence-electron chi connectivity index (χ0n) is 13.7. The van der Waals surface area contributed by atoms with Gasteiger partial charge in [-0.05, 0) is 53.4 Å². The summed E-state index contributed by atoms with van der Waals surface area (Å²) >= 11 is 0. The van der Waals surface area contributed by atoms with Crippen molar-refractivity contribution in [2.45, 2.75) is 89.4 Å². The third-order valence-electron chi connectivity index (χ3n) is 4.36. The molecule has 0 radical (unpaired) electrons. The standard InChI is InChI=1S/C16H29N3O2/c1-15(2,9-11-5-7-13(20)17-11)19-16(3,4)10-12-6-8-14(21)18-12/h11-12,19H,5-10H2,1-4H3,(H,17,20)(H,18,21). The zero-order chi connectivity index (χ0) is 15.7. The molecule has 0 saturated carbocycles. The van der Waals surface area contributed by atoms with E-state index in [1.54, 1.807) is 0 Å². The predicted octanol–water partition coefficient (Wildman–Crippen LogP) is 1.47. The SMILES string of the molecule is CC(C)(CC1CCC(=O)N1)NC(C)(C)CC1CCC(=O)N1. The molecule has 5 nitrogen and oxygen atoms in total. The van der Waals surface area contributed by atoms with Gasteiger partial charge in [0.25, 0.3) is 0 Å². The van der Waals surface area contributed by atoms with Crippen LogP contribution >= 0.6 is 0 Å². The van der Waals surface area contributed by atoms with Crippen molar-refractivity contribution in [2.75, 3.05) is 0 Å². The molecule has 2 rings (SSSR count). The normalized spacial score (nSPS) is 26.9. The Morgan fingerprint density at radius 3 is 1.57 bits per heavy atom. The van der Waals surface area contributed by atoms with Gasteiger partial charge in [0, 0.05) is 36.0 Å².